The fraction of sp³-hybridized carbons (Fsp3) is 0.467. The number of hydrogen-bond donors (Lipinski definition) is 2. The molecular formula is C15H19N5O3. The van der Waals surface area contributed by atoms with E-state index in [1.165, 1.54) is 6.20 Å². The standard InChI is InChI=1S/C15H19N5O3/c1-2-23-15(22)20-5-3-11(4-6-20)19-14(21)10-7-12-13(16-8-10)18-9-17-12/h7-9,11H,2-6H2,1H3,(H,19,21)(H,16,17,18). The van der Waals surface area contributed by atoms with E-state index in [-0.39, 0.29) is 18.0 Å². The van der Waals surface area contributed by atoms with Crippen LogP contribution in [0.2, 0.25) is 0 Å². The van der Waals surface area contributed by atoms with Gasteiger partial charge in [0.2, 0.25) is 0 Å². The summed E-state index contributed by atoms with van der Waals surface area (Å²) in [6.45, 7) is 3.33. The molecule has 1 aliphatic rings. The molecule has 23 heavy (non-hydrogen) atoms. The van der Waals surface area contributed by atoms with Gasteiger partial charge in [0, 0.05) is 25.3 Å². The zero-order chi connectivity index (χ0) is 16.2. The summed E-state index contributed by atoms with van der Waals surface area (Å²) in [7, 11) is 0. The quantitative estimate of drug-likeness (QED) is 0.889. The maximum Gasteiger partial charge on any atom is 0.409 e. The van der Waals surface area contributed by atoms with Crippen molar-refractivity contribution in [3.05, 3.63) is 24.2 Å². The van der Waals surface area contributed by atoms with Crippen LogP contribution >= 0.6 is 0 Å². The van der Waals surface area contributed by atoms with Crippen molar-refractivity contribution in [1.29, 1.82) is 0 Å². The highest BCUT2D eigenvalue weighted by Crippen LogP contribution is 2.13. The van der Waals surface area contributed by atoms with Crippen LogP contribution in [0, 0.1) is 0 Å². The molecule has 0 aromatic carbocycles. The van der Waals surface area contributed by atoms with Crippen molar-refractivity contribution in [3.63, 3.8) is 0 Å². The number of carbonyl (C=O) groups excluding carboxylic acids is 2. The molecule has 122 valence electrons. The molecule has 3 heterocycles. The van der Waals surface area contributed by atoms with Crippen LogP contribution in [0.25, 0.3) is 11.2 Å². The van der Waals surface area contributed by atoms with Crippen molar-refractivity contribution in [2.75, 3.05) is 19.7 Å². The molecule has 8 nitrogen and oxygen atoms in total. The number of H-pyrrole nitrogens is 1. The van der Waals surface area contributed by atoms with E-state index in [0.717, 1.165) is 5.52 Å². The Balaban J connectivity index is 1.55. The monoisotopic (exact) mass is 317 g/mol. The highest BCUT2D eigenvalue weighted by Gasteiger charge is 2.24. The van der Waals surface area contributed by atoms with E-state index < -0.39 is 0 Å². The lowest BCUT2D eigenvalue weighted by molar-refractivity contribution is 0.0860. The second-order valence-electron chi connectivity index (χ2n) is 5.43. The Morgan fingerprint density at radius 1 is 1.39 bits per heavy atom. The summed E-state index contributed by atoms with van der Waals surface area (Å²) >= 11 is 0. The average Bonchev–Trinajstić information content (AvgIpc) is 3.03. The molecule has 0 saturated carbocycles. The van der Waals surface area contributed by atoms with Gasteiger partial charge in [-0.3, -0.25) is 4.79 Å². The van der Waals surface area contributed by atoms with Crippen molar-refractivity contribution in [2.45, 2.75) is 25.8 Å². The number of fused-ring (bicyclic) bond motifs is 1. The number of amides is 2. The first-order valence-corrected chi connectivity index (χ1v) is 7.69. The molecular weight excluding hydrogens is 298 g/mol. The Bertz CT molecular complexity index is 706. The SMILES string of the molecule is CCOC(=O)N1CCC(NC(=O)c2cnc3nc[nH]c3c2)CC1. The summed E-state index contributed by atoms with van der Waals surface area (Å²) in [5.41, 5.74) is 1.81. The number of likely N-dealkylation sites (tertiary alicyclic amines) is 1. The summed E-state index contributed by atoms with van der Waals surface area (Å²) in [5.74, 6) is -0.163. The molecule has 0 spiro atoms. The lowest BCUT2D eigenvalue weighted by Crippen LogP contribution is -2.46. The van der Waals surface area contributed by atoms with Gasteiger partial charge in [-0.1, -0.05) is 0 Å². The van der Waals surface area contributed by atoms with Crippen molar-refractivity contribution in [3.8, 4) is 0 Å². The van der Waals surface area contributed by atoms with E-state index in [0.29, 0.717) is 43.7 Å². The normalized spacial score (nSPS) is 15.6. The summed E-state index contributed by atoms with van der Waals surface area (Å²) < 4.78 is 4.98. The Labute approximate surface area is 133 Å². The number of aromatic nitrogens is 3. The lowest BCUT2D eigenvalue weighted by Gasteiger charge is -2.31. The van der Waals surface area contributed by atoms with E-state index in [1.807, 2.05) is 0 Å². The third-order valence-corrected chi connectivity index (χ3v) is 3.89. The first kappa shape index (κ1) is 15.3. The predicted octanol–water partition coefficient (Wildman–Crippen LogP) is 1.31. The lowest BCUT2D eigenvalue weighted by atomic mass is 10.0. The first-order valence-electron chi connectivity index (χ1n) is 7.69. The summed E-state index contributed by atoms with van der Waals surface area (Å²) in [4.78, 5) is 36.7. The summed E-state index contributed by atoms with van der Waals surface area (Å²) in [6, 6.07) is 1.78. The smallest absolute Gasteiger partial charge is 0.409 e. The zero-order valence-electron chi connectivity index (χ0n) is 12.9. The van der Waals surface area contributed by atoms with Crippen LogP contribution in [-0.4, -0.2) is 57.6 Å². The number of aromatic amines is 1. The highest BCUT2D eigenvalue weighted by molar-refractivity contribution is 5.96. The van der Waals surface area contributed by atoms with E-state index in [4.69, 9.17) is 4.74 Å². The molecule has 2 N–H and O–H groups in total. The van der Waals surface area contributed by atoms with Crippen LogP contribution in [0.1, 0.15) is 30.1 Å². The molecule has 1 aliphatic heterocycles. The van der Waals surface area contributed by atoms with Gasteiger partial charge in [-0.25, -0.2) is 14.8 Å². The van der Waals surface area contributed by atoms with E-state index in [9.17, 15) is 9.59 Å². The van der Waals surface area contributed by atoms with Gasteiger partial charge in [0.05, 0.1) is 24.0 Å². The van der Waals surface area contributed by atoms with Crippen LogP contribution in [-0.2, 0) is 4.74 Å². The summed E-state index contributed by atoms with van der Waals surface area (Å²) in [6.07, 6.45) is 4.21. The molecule has 0 aliphatic carbocycles. The van der Waals surface area contributed by atoms with Crippen LogP contribution in [0.15, 0.2) is 18.6 Å². The number of imidazole rings is 1. The van der Waals surface area contributed by atoms with Gasteiger partial charge in [-0.15, -0.1) is 0 Å². The first-order chi connectivity index (χ1) is 11.2. The molecule has 1 fully saturated rings. The van der Waals surface area contributed by atoms with Gasteiger partial charge in [0.1, 0.15) is 0 Å². The molecule has 0 bridgehead atoms. The van der Waals surface area contributed by atoms with E-state index >= 15 is 0 Å². The minimum absolute atomic E-state index is 0.0469. The van der Waals surface area contributed by atoms with Gasteiger partial charge in [0.25, 0.3) is 5.91 Å². The molecule has 1 saturated heterocycles. The zero-order valence-corrected chi connectivity index (χ0v) is 12.9. The number of carbonyl (C=O) groups is 2. The third kappa shape index (κ3) is 3.41. The predicted molar refractivity (Wildman–Crippen MR) is 83.0 cm³/mol. The number of ether oxygens (including phenoxy) is 1. The van der Waals surface area contributed by atoms with Crippen molar-refractivity contribution in [1.82, 2.24) is 25.2 Å². The van der Waals surface area contributed by atoms with Gasteiger partial charge in [0.15, 0.2) is 5.65 Å². The molecule has 2 aromatic rings. The number of nitrogens with one attached hydrogen (secondary N) is 2. The number of hydrogen-bond acceptors (Lipinski definition) is 5. The molecule has 0 atom stereocenters. The maximum atomic E-state index is 12.3. The molecule has 2 amide bonds. The second-order valence-corrected chi connectivity index (χ2v) is 5.43. The van der Waals surface area contributed by atoms with E-state index in [2.05, 4.69) is 20.3 Å². The van der Waals surface area contributed by atoms with E-state index in [1.54, 1.807) is 24.2 Å². The van der Waals surface area contributed by atoms with Crippen LogP contribution in [0.5, 0.6) is 0 Å². The summed E-state index contributed by atoms with van der Waals surface area (Å²) in [5, 5.41) is 2.99. The Morgan fingerprint density at radius 2 is 2.17 bits per heavy atom. The van der Waals surface area contributed by atoms with Crippen molar-refractivity contribution >= 4 is 23.2 Å². The Morgan fingerprint density at radius 3 is 2.91 bits per heavy atom. The van der Waals surface area contributed by atoms with Crippen LogP contribution in [0.3, 0.4) is 0 Å². The Hall–Kier alpha value is -2.64. The molecule has 2 aromatic heterocycles. The number of rotatable bonds is 3. The Kier molecular flexibility index (Phi) is 4.40. The van der Waals surface area contributed by atoms with Gasteiger partial charge >= 0.3 is 6.09 Å². The molecule has 8 heteroatoms. The van der Waals surface area contributed by atoms with Crippen molar-refractivity contribution < 1.29 is 14.3 Å². The van der Waals surface area contributed by atoms with Crippen molar-refractivity contribution in [2.24, 2.45) is 0 Å². The van der Waals surface area contributed by atoms with Crippen LogP contribution < -0.4 is 5.32 Å². The number of piperidine rings is 1. The third-order valence-electron chi connectivity index (χ3n) is 3.89. The van der Waals surface area contributed by atoms with Gasteiger partial charge in [-0.2, -0.15) is 0 Å². The minimum atomic E-state index is -0.286. The van der Waals surface area contributed by atoms with Gasteiger partial charge < -0.3 is 19.9 Å². The average molecular weight is 317 g/mol. The largest absolute Gasteiger partial charge is 0.450 e. The topological polar surface area (TPSA) is 100 Å². The second kappa shape index (κ2) is 6.64. The fourth-order valence-electron chi connectivity index (χ4n) is 2.64. The minimum Gasteiger partial charge on any atom is -0.450 e. The maximum absolute atomic E-state index is 12.3. The number of nitrogens with zero attached hydrogens (tertiary/aromatic N) is 3. The van der Waals surface area contributed by atoms with Gasteiger partial charge in [-0.05, 0) is 25.8 Å². The number of pyridine rings is 1. The molecule has 0 unspecified atom stereocenters. The van der Waals surface area contributed by atoms with Crippen LogP contribution in [0.4, 0.5) is 4.79 Å². The highest BCUT2D eigenvalue weighted by atomic mass is 16.6. The fourth-order valence-corrected chi connectivity index (χ4v) is 2.64. The molecule has 0 radical (unpaired) electrons. The molecule has 3 rings (SSSR count).